The molecule has 108 valence electrons. The molecule has 2 N–H and O–H groups in total. The lowest BCUT2D eigenvalue weighted by Gasteiger charge is -2.13. The molecule has 0 fully saturated rings. The molecule has 2 aromatic rings. The van der Waals surface area contributed by atoms with Gasteiger partial charge in [0.15, 0.2) is 11.6 Å². The number of ketones is 1. The molecule has 2 aromatic carbocycles. The van der Waals surface area contributed by atoms with Crippen molar-refractivity contribution in [2.75, 3.05) is 11.7 Å². The highest BCUT2D eigenvalue weighted by Gasteiger charge is 2.07. The Bertz CT molecular complexity index is 641. The van der Waals surface area contributed by atoms with Crippen LogP contribution in [-0.4, -0.2) is 17.9 Å². The second-order valence-corrected chi connectivity index (χ2v) is 5.15. The predicted molar refractivity (Wildman–Crippen MR) is 89.2 cm³/mol. The van der Waals surface area contributed by atoms with Crippen LogP contribution in [0.5, 0.6) is 0 Å². The first-order valence-corrected chi connectivity index (χ1v) is 7.73. The highest BCUT2D eigenvalue weighted by molar-refractivity contribution is 7.98. The van der Waals surface area contributed by atoms with Crippen LogP contribution in [-0.2, 0) is 4.79 Å². The summed E-state index contributed by atoms with van der Waals surface area (Å²) in [5.41, 5.74) is 7.58. The largest absolute Gasteiger partial charge is 0.298 e. The minimum Gasteiger partial charge on any atom is -0.298 e. The van der Waals surface area contributed by atoms with Gasteiger partial charge >= 0.3 is 0 Å². The van der Waals surface area contributed by atoms with Crippen molar-refractivity contribution in [3.05, 3.63) is 54.6 Å². The molecule has 0 aliphatic rings. The zero-order valence-corrected chi connectivity index (χ0v) is 12.8. The molecule has 2 rings (SSSR count). The number of carbonyl (C=O) groups is 1. The fourth-order valence-electron chi connectivity index (χ4n) is 1.70. The Morgan fingerprint density at radius 3 is 2.38 bits per heavy atom. The van der Waals surface area contributed by atoms with E-state index < -0.39 is 0 Å². The summed E-state index contributed by atoms with van der Waals surface area (Å²) < 4.78 is 0. The number of nitrogens with one attached hydrogen (secondary N) is 2. The summed E-state index contributed by atoms with van der Waals surface area (Å²) in [5.74, 6) is 0.144. The van der Waals surface area contributed by atoms with Gasteiger partial charge < -0.3 is 0 Å². The van der Waals surface area contributed by atoms with Crippen LogP contribution < -0.4 is 10.9 Å². The Morgan fingerprint density at radius 1 is 1.05 bits per heavy atom. The SMILES string of the molecule is CSc1ccccc1NNC(=Nc1ccccc1)C(C)=O. The molecule has 0 saturated carbocycles. The number of benzene rings is 2. The lowest BCUT2D eigenvalue weighted by atomic mass is 10.3. The van der Waals surface area contributed by atoms with E-state index in [2.05, 4.69) is 15.8 Å². The van der Waals surface area contributed by atoms with E-state index in [-0.39, 0.29) is 11.6 Å². The van der Waals surface area contributed by atoms with Crippen molar-refractivity contribution < 1.29 is 4.79 Å². The molecule has 0 saturated heterocycles. The second kappa shape index (κ2) is 7.50. The monoisotopic (exact) mass is 299 g/mol. The lowest BCUT2D eigenvalue weighted by molar-refractivity contribution is -0.111. The third kappa shape index (κ3) is 4.36. The average molecular weight is 299 g/mol. The number of hydrazine groups is 1. The maximum atomic E-state index is 11.7. The number of nitrogens with zero attached hydrogens (tertiary/aromatic N) is 1. The number of rotatable bonds is 5. The Balaban J connectivity index is 2.14. The fourth-order valence-corrected chi connectivity index (χ4v) is 2.25. The maximum absolute atomic E-state index is 11.7. The van der Waals surface area contributed by atoms with Gasteiger partial charge in [0.25, 0.3) is 0 Å². The van der Waals surface area contributed by atoms with E-state index in [1.54, 1.807) is 11.8 Å². The Morgan fingerprint density at radius 2 is 1.71 bits per heavy atom. The molecule has 0 aromatic heterocycles. The number of para-hydroxylation sites is 2. The van der Waals surface area contributed by atoms with Crippen molar-refractivity contribution in [1.82, 2.24) is 5.43 Å². The molecule has 0 atom stereocenters. The van der Waals surface area contributed by atoms with Gasteiger partial charge in [-0.2, -0.15) is 0 Å². The van der Waals surface area contributed by atoms with Gasteiger partial charge in [0, 0.05) is 11.8 Å². The van der Waals surface area contributed by atoms with Crippen LogP contribution >= 0.6 is 11.8 Å². The molecule has 0 radical (unpaired) electrons. The first-order valence-electron chi connectivity index (χ1n) is 6.50. The molecule has 0 bridgehead atoms. The normalized spacial score (nSPS) is 11.0. The Hall–Kier alpha value is -2.27. The number of Topliss-reactive ketones (excluding diaryl/α,β-unsaturated/α-hetero) is 1. The minimum absolute atomic E-state index is 0.131. The van der Waals surface area contributed by atoms with E-state index in [0.29, 0.717) is 0 Å². The van der Waals surface area contributed by atoms with E-state index in [9.17, 15) is 4.79 Å². The number of amidine groups is 1. The van der Waals surface area contributed by atoms with Crippen LogP contribution in [0.1, 0.15) is 6.92 Å². The van der Waals surface area contributed by atoms with Gasteiger partial charge in [0.1, 0.15) is 0 Å². The van der Waals surface area contributed by atoms with Crippen LogP contribution in [0.25, 0.3) is 0 Å². The standard InChI is InChI=1S/C16H17N3OS/c1-12(20)16(17-13-8-4-3-5-9-13)19-18-14-10-6-7-11-15(14)21-2/h3-11,18H,1-2H3,(H,17,19). The van der Waals surface area contributed by atoms with Crippen LogP contribution in [0, 0.1) is 0 Å². The van der Waals surface area contributed by atoms with Crippen molar-refractivity contribution in [1.29, 1.82) is 0 Å². The highest BCUT2D eigenvalue weighted by atomic mass is 32.2. The van der Waals surface area contributed by atoms with Gasteiger partial charge in [-0.1, -0.05) is 30.3 Å². The average Bonchev–Trinajstić information content (AvgIpc) is 2.52. The third-order valence-electron chi connectivity index (χ3n) is 2.75. The molecule has 0 spiro atoms. The van der Waals surface area contributed by atoms with Crippen molar-refractivity contribution in [2.24, 2.45) is 4.99 Å². The molecule has 0 aliphatic carbocycles. The Labute approximate surface area is 128 Å². The molecule has 0 unspecified atom stereocenters. The number of aliphatic imine (C=N–C) groups is 1. The molecule has 5 heteroatoms. The molecule has 0 heterocycles. The summed E-state index contributed by atoms with van der Waals surface area (Å²) in [6, 6.07) is 17.2. The second-order valence-electron chi connectivity index (χ2n) is 4.30. The van der Waals surface area contributed by atoms with Gasteiger partial charge in [-0.15, -0.1) is 11.8 Å². The molecule has 21 heavy (non-hydrogen) atoms. The predicted octanol–water partition coefficient (Wildman–Crippen LogP) is 3.64. The first kappa shape index (κ1) is 15.1. The van der Waals surface area contributed by atoms with Crippen molar-refractivity contribution in [3.63, 3.8) is 0 Å². The van der Waals surface area contributed by atoms with Crippen molar-refractivity contribution >= 4 is 34.8 Å². The molecule has 0 aliphatic heterocycles. The third-order valence-corrected chi connectivity index (χ3v) is 3.55. The number of hydrogen-bond donors (Lipinski definition) is 2. The molecular formula is C16H17N3OS. The quantitative estimate of drug-likeness (QED) is 0.383. The van der Waals surface area contributed by atoms with Crippen LogP contribution in [0.2, 0.25) is 0 Å². The summed E-state index contributed by atoms with van der Waals surface area (Å²) >= 11 is 1.63. The summed E-state index contributed by atoms with van der Waals surface area (Å²) in [5, 5.41) is 0. The van der Waals surface area contributed by atoms with Gasteiger partial charge in [-0.25, -0.2) is 4.99 Å². The van der Waals surface area contributed by atoms with Crippen LogP contribution in [0.3, 0.4) is 0 Å². The smallest absolute Gasteiger partial charge is 0.196 e. The Kier molecular flexibility index (Phi) is 5.40. The first-order chi connectivity index (χ1) is 10.2. The van der Waals surface area contributed by atoms with E-state index in [0.717, 1.165) is 16.3 Å². The molecule has 4 nitrogen and oxygen atoms in total. The summed E-state index contributed by atoms with van der Waals surface area (Å²) in [6.45, 7) is 1.48. The number of carbonyl (C=O) groups excluding carboxylic acids is 1. The molecule has 0 amide bonds. The summed E-state index contributed by atoms with van der Waals surface area (Å²) in [4.78, 5) is 17.1. The van der Waals surface area contributed by atoms with E-state index in [1.165, 1.54) is 6.92 Å². The van der Waals surface area contributed by atoms with Gasteiger partial charge in [-0.05, 0) is 30.5 Å². The fraction of sp³-hybridized carbons (Fsp3) is 0.125. The van der Waals surface area contributed by atoms with Crippen LogP contribution in [0.15, 0.2) is 64.5 Å². The van der Waals surface area contributed by atoms with E-state index in [4.69, 9.17) is 0 Å². The highest BCUT2D eigenvalue weighted by Crippen LogP contribution is 2.23. The van der Waals surface area contributed by atoms with Crippen molar-refractivity contribution in [2.45, 2.75) is 11.8 Å². The zero-order chi connectivity index (χ0) is 15.1. The van der Waals surface area contributed by atoms with E-state index in [1.807, 2.05) is 60.9 Å². The zero-order valence-electron chi connectivity index (χ0n) is 12.0. The number of hydrogen-bond acceptors (Lipinski definition) is 4. The number of anilines is 1. The van der Waals surface area contributed by atoms with Gasteiger partial charge in [0.2, 0.25) is 0 Å². The summed E-state index contributed by atoms with van der Waals surface area (Å²) in [6.07, 6.45) is 2.00. The minimum atomic E-state index is -0.131. The summed E-state index contributed by atoms with van der Waals surface area (Å²) in [7, 11) is 0. The van der Waals surface area contributed by atoms with Gasteiger partial charge in [0.05, 0.1) is 11.4 Å². The van der Waals surface area contributed by atoms with Crippen molar-refractivity contribution in [3.8, 4) is 0 Å². The van der Waals surface area contributed by atoms with Gasteiger partial charge in [-0.3, -0.25) is 15.6 Å². The van der Waals surface area contributed by atoms with Crippen LogP contribution in [0.4, 0.5) is 11.4 Å². The van der Waals surface area contributed by atoms with E-state index >= 15 is 0 Å². The lowest BCUT2D eigenvalue weighted by Crippen LogP contribution is -2.34. The molecular weight excluding hydrogens is 282 g/mol. The number of thioether (sulfide) groups is 1. The topological polar surface area (TPSA) is 53.5 Å². The maximum Gasteiger partial charge on any atom is 0.196 e.